The van der Waals surface area contributed by atoms with Crippen molar-refractivity contribution in [2.45, 2.75) is 12.8 Å². The van der Waals surface area contributed by atoms with E-state index in [1.807, 2.05) is 12.1 Å². The Labute approximate surface area is 182 Å². The zero-order chi connectivity index (χ0) is 18.4. The fourth-order valence-corrected chi connectivity index (χ4v) is 3.56. The average Bonchev–Trinajstić information content (AvgIpc) is 2.67. The molecule has 6 nitrogen and oxygen atoms in total. The standard InChI is InChI=1S/C19H24ClN3O3.2ClH/c1-25-13-19(6-9-21-10-7-19)12-23-17(24)11-26-16-5-4-15(20)14-3-2-8-22-18(14)16;;/h2-5,8,21H,6-7,9-13H2,1H3,(H,23,24);2*1H. The molecule has 1 saturated heterocycles. The lowest BCUT2D eigenvalue weighted by Crippen LogP contribution is -2.47. The van der Waals surface area contributed by atoms with E-state index in [4.69, 9.17) is 21.1 Å². The van der Waals surface area contributed by atoms with Gasteiger partial charge in [0.15, 0.2) is 6.61 Å². The lowest BCUT2D eigenvalue weighted by molar-refractivity contribution is -0.124. The first kappa shape index (κ1) is 24.7. The Kier molecular flexibility index (Phi) is 10.3. The van der Waals surface area contributed by atoms with Crippen molar-refractivity contribution < 1.29 is 14.3 Å². The van der Waals surface area contributed by atoms with Crippen molar-refractivity contribution in [2.75, 3.05) is 40.0 Å². The summed E-state index contributed by atoms with van der Waals surface area (Å²) in [7, 11) is 1.70. The van der Waals surface area contributed by atoms with Crippen LogP contribution in [0.5, 0.6) is 5.75 Å². The molecular formula is C19H26Cl3N3O3. The number of hydrogen-bond donors (Lipinski definition) is 2. The van der Waals surface area contributed by atoms with E-state index < -0.39 is 0 Å². The van der Waals surface area contributed by atoms with Gasteiger partial charge in [0.2, 0.25) is 0 Å². The van der Waals surface area contributed by atoms with Crippen molar-refractivity contribution >= 4 is 53.2 Å². The monoisotopic (exact) mass is 449 g/mol. The van der Waals surface area contributed by atoms with Crippen molar-refractivity contribution in [2.24, 2.45) is 5.41 Å². The predicted octanol–water partition coefficient (Wildman–Crippen LogP) is 3.24. The van der Waals surface area contributed by atoms with Crippen LogP contribution >= 0.6 is 36.4 Å². The quantitative estimate of drug-likeness (QED) is 0.677. The minimum atomic E-state index is -0.155. The van der Waals surface area contributed by atoms with Crippen LogP contribution in [0.2, 0.25) is 5.02 Å². The van der Waals surface area contributed by atoms with Crippen LogP contribution in [0.25, 0.3) is 10.9 Å². The number of fused-ring (bicyclic) bond motifs is 1. The summed E-state index contributed by atoms with van der Waals surface area (Å²) in [5.41, 5.74) is 0.645. The highest BCUT2D eigenvalue weighted by molar-refractivity contribution is 6.35. The number of amides is 1. The smallest absolute Gasteiger partial charge is 0.257 e. The van der Waals surface area contributed by atoms with Crippen LogP contribution in [-0.4, -0.2) is 50.8 Å². The number of pyridine rings is 1. The van der Waals surface area contributed by atoms with Gasteiger partial charge in [-0.2, -0.15) is 0 Å². The van der Waals surface area contributed by atoms with E-state index in [9.17, 15) is 4.79 Å². The van der Waals surface area contributed by atoms with E-state index in [1.165, 1.54) is 0 Å². The minimum Gasteiger partial charge on any atom is -0.481 e. The molecule has 1 amide bonds. The second-order valence-electron chi connectivity index (χ2n) is 6.69. The van der Waals surface area contributed by atoms with Crippen LogP contribution < -0.4 is 15.4 Å². The summed E-state index contributed by atoms with van der Waals surface area (Å²) in [6, 6.07) is 7.19. The number of benzene rings is 1. The van der Waals surface area contributed by atoms with Crippen molar-refractivity contribution in [1.82, 2.24) is 15.6 Å². The second-order valence-corrected chi connectivity index (χ2v) is 7.10. The molecule has 0 saturated carbocycles. The number of nitrogens with one attached hydrogen (secondary N) is 2. The fraction of sp³-hybridized carbons (Fsp3) is 0.474. The number of methoxy groups -OCH3 is 1. The van der Waals surface area contributed by atoms with Gasteiger partial charge in [0.1, 0.15) is 11.3 Å². The molecule has 9 heteroatoms. The third kappa shape index (κ3) is 6.09. The molecular weight excluding hydrogens is 425 g/mol. The van der Waals surface area contributed by atoms with Gasteiger partial charge in [0, 0.05) is 30.7 Å². The van der Waals surface area contributed by atoms with E-state index in [2.05, 4.69) is 15.6 Å². The second kappa shape index (κ2) is 11.6. The number of nitrogens with zero attached hydrogens (tertiary/aromatic N) is 1. The Bertz CT molecular complexity index is 765. The Hall–Kier alpha value is -1.31. The number of aromatic nitrogens is 1. The number of carbonyl (C=O) groups excluding carboxylic acids is 1. The van der Waals surface area contributed by atoms with Gasteiger partial charge in [0.25, 0.3) is 5.91 Å². The van der Waals surface area contributed by atoms with Crippen LogP contribution in [0.3, 0.4) is 0 Å². The van der Waals surface area contributed by atoms with Gasteiger partial charge in [-0.3, -0.25) is 9.78 Å². The topological polar surface area (TPSA) is 72.5 Å². The van der Waals surface area contributed by atoms with Gasteiger partial charge in [-0.1, -0.05) is 11.6 Å². The van der Waals surface area contributed by atoms with Gasteiger partial charge >= 0.3 is 0 Å². The summed E-state index contributed by atoms with van der Waals surface area (Å²) in [5, 5.41) is 7.75. The lowest BCUT2D eigenvalue weighted by atomic mass is 9.79. The summed E-state index contributed by atoms with van der Waals surface area (Å²) >= 11 is 6.18. The van der Waals surface area contributed by atoms with Crippen molar-refractivity contribution in [3.05, 3.63) is 35.5 Å². The summed E-state index contributed by atoms with van der Waals surface area (Å²) in [5.74, 6) is 0.395. The zero-order valence-electron chi connectivity index (χ0n) is 15.7. The summed E-state index contributed by atoms with van der Waals surface area (Å²) < 4.78 is 11.1. The normalized spacial score (nSPS) is 15.2. The van der Waals surface area contributed by atoms with Crippen LogP contribution in [0.1, 0.15) is 12.8 Å². The molecule has 156 valence electrons. The molecule has 1 aliphatic rings. The molecule has 0 unspecified atom stereocenters. The van der Waals surface area contributed by atoms with Gasteiger partial charge in [-0.05, 0) is 50.2 Å². The molecule has 0 radical (unpaired) electrons. The maximum absolute atomic E-state index is 12.3. The molecule has 0 aliphatic carbocycles. The van der Waals surface area contributed by atoms with Gasteiger partial charge < -0.3 is 20.1 Å². The Morgan fingerprint density at radius 2 is 2.04 bits per heavy atom. The maximum Gasteiger partial charge on any atom is 0.257 e. The van der Waals surface area contributed by atoms with Gasteiger partial charge in [0.05, 0.1) is 11.6 Å². The van der Waals surface area contributed by atoms with Crippen LogP contribution in [-0.2, 0) is 9.53 Å². The van der Waals surface area contributed by atoms with Crippen molar-refractivity contribution in [3.8, 4) is 5.75 Å². The molecule has 2 N–H and O–H groups in total. The molecule has 2 heterocycles. The highest BCUT2D eigenvalue weighted by Gasteiger charge is 2.32. The lowest BCUT2D eigenvalue weighted by Gasteiger charge is -2.37. The molecule has 0 atom stereocenters. The predicted molar refractivity (Wildman–Crippen MR) is 116 cm³/mol. The highest BCUT2D eigenvalue weighted by atomic mass is 35.5. The number of carbonyl (C=O) groups is 1. The van der Waals surface area contributed by atoms with Crippen LogP contribution in [0, 0.1) is 5.41 Å². The molecule has 3 rings (SSSR count). The van der Waals surface area contributed by atoms with E-state index in [-0.39, 0.29) is 42.7 Å². The highest BCUT2D eigenvalue weighted by Crippen LogP contribution is 2.30. The molecule has 1 aliphatic heterocycles. The van der Waals surface area contributed by atoms with Crippen LogP contribution in [0.4, 0.5) is 0 Å². The third-order valence-corrected chi connectivity index (χ3v) is 5.14. The number of halogens is 3. The first-order valence-corrected chi connectivity index (χ1v) is 9.14. The zero-order valence-corrected chi connectivity index (χ0v) is 18.1. The summed E-state index contributed by atoms with van der Waals surface area (Å²) in [6.45, 7) is 3.05. The fourth-order valence-electron chi connectivity index (χ4n) is 3.34. The first-order valence-electron chi connectivity index (χ1n) is 8.76. The Morgan fingerprint density at radius 1 is 1.29 bits per heavy atom. The van der Waals surface area contributed by atoms with E-state index in [0.29, 0.717) is 29.4 Å². The first-order chi connectivity index (χ1) is 12.6. The van der Waals surface area contributed by atoms with Crippen molar-refractivity contribution in [1.29, 1.82) is 0 Å². The molecule has 1 fully saturated rings. The number of ether oxygens (including phenoxy) is 2. The van der Waals surface area contributed by atoms with E-state index >= 15 is 0 Å². The van der Waals surface area contributed by atoms with Crippen LogP contribution in [0.15, 0.2) is 30.5 Å². The molecule has 2 aromatic rings. The average molecular weight is 451 g/mol. The summed E-state index contributed by atoms with van der Waals surface area (Å²) in [4.78, 5) is 16.6. The number of hydrogen-bond acceptors (Lipinski definition) is 5. The third-order valence-electron chi connectivity index (χ3n) is 4.81. The minimum absolute atomic E-state index is 0. The molecule has 1 aromatic carbocycles. The number of rotatable bonds is 7. The molecule has 28 heavy (non-hydrogen) atoms. The molecule has 1 aromatic heterocycles. The Balaban J connectivity index is 0.00000196. The Morgan fingerprint density at radius 3 is 2.75 bits per heavy atom. The largest absolute Gasteiger partial charge is 0.481 e. The maximum atomic E-state index is 12.3. The van der Waals surface area contributed by atoms with Gasteiger partial charge in [-0.15, -0.1) is 24.8 Å². The molecule has 0 bridgehead atoms. The molecule has 0 spiro atoms. The van der Waals surface area contributed by atoms with Crippen molar-refractivity contribution in [3.63, 3.8) is 0 Å². The van der Waals surface area contributed by atoms with E-state index in [0.717, 1.165) is 31.3 Å². The number of piperidine rings is 1. The van der Waals surface area contributed by atoms with E-state index in [1.54, 1.807) is 25.4 Å². The van der Waals surface area contributed by atoms with Gasteiger partial charge in [-0.25, -0.2) is 0 Å². The summed E-state index contributed by atoms with van der Waals surface area (Å²) in [6.07, 6.45) is 3.64. The SMILES string of the molecule is COCC1(CNC(=O)COc2ccc(Cl)c3cccnc23)CCNCC1.Cl.Cl.